The van der Waals surface area contributed by atoms with E-state index in [-0.39, 0.29) is 59.1 Å². The van der Waals surface area contributed by atoms with E-state index >= 15 is 0 Å². The van der Waals surface area contributed by atoms with Gasteiger partial charge in [-0.2, -0.15) is 0 Å². The predicted molar refractivity (Wildman–Crippen MR) is 284 cm³/mol. The minimum atomic E-state index is -1.15. The summed E-state index contributed by atoms with van der Waals surface area (Å²) in [6.07, 6.45) is 5.35. The smallest absolute Gasteiger partial charge is 0.216 e. The molecule has 0 aliphatic carbocycles. The number of hydrogen-bond donors (Lipinski definition) is 1. The number of nitrogens with two attached hydrogens (primary N) is 1. The lowest BCUT2D eigenvalue weighted by atomic mass is 9.70. The molecule has 384 valence electrons. The molecule has 0 aromatic heterocycles. The van der Waals surface area contributed by atoms with Gasteiger partial charge in [0.15, 0.2) is 35.6 Å². The van der Waals surface area contributed by atoms with Crippen LogP contribution < -0.4 is 5.73 Å². The number of rotatable bonds is 32. The van der Waals surface area contributed by atoms with Crippen molar-refractivity contribution in [3.05, 3.63) is 11.3 Å². The van der Waals surface area contributed by atoms with Crippen LogP contribution in [0.2, 0.25) is 0 Å². The van der Waals surface area contributed by atoms with Gasteiger partial charge in [-0.05, 0) is 183 Å². The van der Waals surface area contributed by atoms with Gasteiger partial charge in [-0.15, -0.1) is 0 Å². The number of ether oxygens (including phenoxy) is 2. The molecule has 1 saturated heterocycles. The fourth-order valence-corrected chi connectivity index (χ4v) is 15.5. The number of hydrogen-bond acceptors (Lipinski definition) is 14. The topological polar surface area (TPSA) is 113 Å². The number of likely N-dealkylation sites (tertiary alicyclic amines) is 1. The molecule has 1 aliphatic heterocycles. The van der Waals surface area contributed by atoms with Crippen molar-refractivity contribution in [3.8, 4) is 0 Å². The monoisotopic (exact) mass is 995 g/mol. The highest BCUT2D eigenvalue weighted by molar-refractivity contribution is 8.14. The Hall–Kier alpha value is 0.0800. The number of nitrogens with zero attached hydrogens (tertiary/aromatic N) is 5. The van der Waals surface area contributed by atoms with Crippen LogP contribution in [0, 0.1) is 5.92 Å². The maximum Gasteiger partial charge on any atom is 0.216 e. The zero-order valence-electron chi connectivity index (χ0n) is 45.4. The molecule has 3 unspecified atom stereocenters. The van der Waals surface area contributed by atoms with Gasteiger partial charge in [0.2, 0.25) is 5.12 Å². The summed E-state index contributed by atoms with van der Waals surface area (Å²) in [4.78, 5) is 28.4. The minimum Gasteiger partial charge on any atom is -0.402 e. The maximum absolute atomic E-state index is 13.4. The third-order valence-corrected chi connectivity index (χ3v) is 20.4. The first-order valence-electron chi connectivity index (χ1n) is 24.8. The van der Waals surface area contributed by atoms with Gasteiger partial charge in [0.1, 0.15) is 0 Å². The molecule has 0 spiro atoms. The van der Waals surface area contributed by atoms with Crippen LogP contribution in [0.5, 0.6) is 0 Å². The van der Waals surface area contributed by atoms with Gasteiger partial charge in [-0.25, -0.2) is 18.7 Å². The first-order valence-corrected chi connectivity index (χ1v) is 29.1. The Labute approximate surface area is 411 Å². The van der Waals surface area contributed by atoms with Gasteiger partial charge >= 0.3 is 0 Å². The highest BCUT2D eigenvalue weighted by atomic mass is 32.2. The predicted octanol–water partition coefficient (Wildman–Crippen LogP) is 12.5. The Morgan fingerprint density at radius 1 is 0.662 bits per heavy atom. The normalized spacial score (nSPS) is 18.7. The lowest BCUT2D eigenvalue weighted by Crippen LogP contribution is -2.63. The average molecular weight is 995 g/mol. The van der Waals surface area contributed by atoms with Gasteiger partial charge in [-0.3, -0.25) is 14.5 Å². The molecule has 0 amide bonds. The Kier molecular flexibility index (Phi) is 29.8. The summed E-state index contributed by atoms with van der Waals surface area (Å²) in [6, 6.07) is 2.49. The summed E-state index contributed by atoms with van der Waals surface area (Å²) in [5.74, 6) is 1.86. The van der Waals surface area contributed by atoms with Gasteiger partial charge in [0.05, 0.1) is 13.2 Å². The fraction of sp³-hybridized carbons (Fsp3) is 0.918. The number of allylic oxidation sites excluding steroid dienone is 1. The molecule has 2 N–H and O–H groups in total. The molecule has 0 radical (unpaired) electrons. The van der Waals surface area contributed by atoms with Crippen molar-refractivity contribution < 1.29 is 28.1 Å². The second-order valence-electron chi connectivity index (χ2n) is 21.1. The Morgan fingerprint density at radius 3 is 1.46 bits per heavy atom. The van der Waals surface area contributed by atoms with Crippen LogP contribution in [0.25, 0.3) is 0 Å². The molecule has 0 bridgehead atoms. The third kappa shape index (κ3) is 20.8. The molecule has 12 nitrogen and oxygen atoms in total. The summed E-state index contributed by atoms with van der Waals surface area (Å²) < 4.78 is 35.4. The summed E-state index contributed by atoms with van der Waals surface area (Å²) in [5.41, 5.74) is 6.89. The standard InChI is InChI=1S/C49H100N6O6P2S2/c1-35(2)52(36(3)4)62(53(37(5)6)38(7)8)60-33-58-28-22-30-64-46(56)25-27-51-48(18,19)26-24-45(49(51,20)21)32-42(15)55(41(13)14)63(54(39(9)10)40(11)12)61-34-59-29-23-31-65-47(57)43(16)44(17)50/h35-42,45H,22-34,50H2,1-21H3/b44-43+. The molecule has 65 heavy (non-hydrogen) atoms. The van der Waals surface area contributed by atoms with E-state index in [1.165, 1.54) is 23.5 Å². The molecule has 0 saturated carbocycles. The Morgan fingerprint density at radius 2 is 1.06 bits per heavy atom. The molecular formula is C49H100N6O6P2S2. The molecule has 0 aromatic carbocycles. The van der Waals surface area contributed by atoms with E-state index in [9.17, 15) is 9.59 Å². The van der Waals surface area contributed by atoms with Gasteiger partial charge in [0, 0.05) is 95.2 Å². The zero-order valence-corrected chi connectivity index (χ0v) is 48.8. The molecule has 1 heterocycles. The van der Waals surface area contributed by atoms with Gasteiger partial charge < -0.3 is 24.3 Å². The number of carbonyl (C=O) groups is 2. The van der Waals surface area contributed by atoms with E-state index in [0.29, 0.717) is 66.7 Å². The lowest BCUT2D eigenvalue weighted by Gasteiger charge is -2.58. The van der Waals surface area contributed by atoms with Crippen molar-refractivity contribution in [2.24, 2.45) is 11.7 Å². The Bertz CT molecular complexity index is 1360. The molecule has 16 heteroatoms. The zero-order chi connectivity index (χ0) is 50.0. The van der Waals surface area contributed by atoms with E-state index in [1.807, 2.05) is 0 Å². The third-order valence-electron chi connectivity index (χ3n) is 12.4. The Balaban J connectivity index is 2.92. The second kappa shape index (κ2) is 30.7. The van der Waals surface area contributed by atoms with Crippen molar-refractivity contribution in [2.75, 3.05) is 44.9 Å². The summed E-state index contributed by atoms with van der Waals surface area (Å²) in [5, 5.41) is 0.275. The van der Waals surface area contributed by atoms with Crippen LogP contribution >= 0.6 is 40.4 Å². The molecule has 1 fully saturated rings. The average Bonchev–Trinajstić information content (AvgIpc) is 3.16. The van der Waals surface area contributed by atoms with Crippen LogP contribution in [-0.4, -0.2) is 138 Å². The van der Waals surface area contributed by atoms with Crippen molar-refractivity contribution in [3.63, 3.8) is 0 Å². The first kappa shape index (κ1) is 63.1. The molecule has 0 aromatic rings. The largest absolute Gasteiger partial charge is 0.402 e. The summed E-state index contributed by atoms with van der Waals surface area (Å²) in [7, 11) is -2.14. The molecule has 3 atom stereocenters. The first-order chi connectivity index (χ1) is 30.1. The fourth-order valence-electron chi connectivity index (χ4n) is 9.39. The highest BCUT2D eigenvalue weighted by Crippen LogP contribution is 2.53. The summed E-state index contributed by atoms with van der Waals surface area (Å²) in [6.45, 7) is 49.2. The van der Waals surface area contributed by atoms with Crippen LogP contribution in [0.4, 0.5) is 0 Å². The minimum absolute atomic E-state index is 0.00948. The second-order valence-corrected chi connectivity index (χ2v) is 26.6. The quantitative estimate of drug-likeness (QED) is 0.0298. The van der Waals surface area contributed by atoms with Crippen LogP contribution in [0.3, 0.4) is 0 Å². The van der Waals surface area contributed by atoms with Crippen molar-refractivity contribution in [1.82, 2.24) is 23.6 Å². The van der Waals surface area contributed by atoms with E-state index in [2.05, 4.69) is 155 Å². The van der Waals surface area contributed by atoms with Gasteiger partial charge in [-0.1, -0.05) is 23.5 Å². The van der Waals surface area contributed by atoms with E-state index in [1.54, 1.807) is 13.8 Å². The molecular weight excluding hydrogens is 895 g/mol. The lowest BCUT2D eigenvalue weighted by molar-refractivity contribution is -0.114. The van der Waals surface area contributed by atoms with Gasteiger partial charge in [0.25, 0.3) is 0 Å². The number of thioether (sulfide) groups is 2. The van der Waals surface area contributed by atoms with Crippen LogP contribution in [0.15, 0.2) is 11.3 Å². The SMILES string of the molecule is C/C(N)=C(/C)C(=O)SCCCOCOP(N(C(C)C)C(C)C)N(C(C)C)C(C)CC1CCC(C)(C)N(CCC(=O)SCCCOCOP(N(C(C)C)C(C)C)N(C(C)C)C(C)C)C1(C)C. The molecule has 1 aliphatic rings. The van der Waals surface area contributed by atoms with Crippen molar-refractivity contribution >= 4 is 50.7 Å². The van der Waals surface area contributed by atoms with Crippen molar-refractivity contribution in [2.45, 2.75) is 243 Å². The maximum atomic E-state index is 13.4. The molecule has 1 rings (SSSR count). The van der Waals surface area contributed by atoms with Crippen LogP contribution in [-0.2, 0) is 28.1 Å². The van der Waals surface area contributed by atoms with E-state index in [0.717, 1.165) is 44.4 Å². The highest BCUT2D eigenvalue weighted by Gasteiger charge is 2.48. The summed E-state index contributed by atoms with van der Waals surface area (Å²) >= 11 is 2.74. The van der Waals surface area contributed by atoms with Crippen molar-refractivity contribution in [1.29, 1.82) is 0 Å². The van der Waals surface area contributed by atoms with E-state index in [4.69, 9.17) is 24.3 Å². The number of piperidine rings is 1. The number of carbonyl (C=O) groups excluding carboxylic acids is 2. The van der Waals surface area contributed by atoms with Crippen LogP contribution in [0.1, 0.15) is 184 Å². The van der Waals surface area contributed by atoms with E-state index < -0.39 is 16.9 Å².